The van der Waals surface area contributed by atoms with E-state index in [9.17, 15) is 9.59 Å². The minimum Gasteiger partial charge on any atom is -0.341 e. The number of ketones is 1. The molecule has 6 heteroatoms. The highest BCUT2D eigenvalue weighted by Crippen LogP contribution is 2.36. The quantitative estimate of drug-likeness (QED) is 0.465. The SMILES string of the molecule is O=C1c2ccccc2-c2ccc(C(=O)N3CCCN(c4nc5ccccc5[nH]4)CC3)cc21. The van der Waals surface area contributed by atoms with Crippen LogP contribution in [0.15, 0.2) is 66.7 Å². The van der Waals surface area contributed by atoms with Crippen LogP contribution < -0.4 is 4.90 Å². The normalized spacial score (nSPS) is 15.6. The van der Waals surface area contributed by atoms with E-state index in [-0.39, 0.29) is 11.7 Å². The highest BCUT2D eigenvalue weighted by atomic mass is 16.2. The molecule has 0 unspecified atom stereocenters. The zero-order valence-corrected chi connectivity index (χ0v) is 17.5. The van der Waals surface area contributed by atoms with Gasteiger partial charge in [-0.15, -0.1) is 0 Å². The Hall–Kier alpha value is -3.93. The highest BCUT2D eigenvalue weighted by molar-refractivity contribution is 6.22. The number of hydrogen-bond donors (Lipinski definition) is 1. The Bertz CT molecular complexity index is 1340. The van der Waals surface area contributed by atoms with Gasteiger partial charge in [0.05, 0.1) is 11.0 Å². The monoisotopic (exact) mass is 422 g/mol. The van der Waals surface area contributed by atoms with Gasteiger partial charge >= 0.3 is 0 Å². The molecule has 1 aromatic heterocycles. The number of amides is 1. The van der Waals surface area contributed by atoms with Crippen molar-refractivity contribution in [3.05, 3.63) is 83.4 Å². The van der Waals surface area contributed by atoms with Crippen molar-refractivity contribution >= 4 is 28.7 Å². The number of para-hydroxylation sites is 2. The molecule has 0 atom stereocenters. The van der Waals surface area contributed by atoms with E-state index in [2.05, 4.69) is 9.88 Å². The van der Waals surface area contributed by atoms with Crippen molar-refractivity contribution in [1.29, 1.82) is 0 Å². The average Bonchev–Trinajstić information content (AvgIpc) is 3.28. The number of imidazole rings is 1. The van der Waals surface area contributed by atoms with Gasteiger partial charge in [-0.05, 0) is 41.8 Å². The number of hydrogen-bond acceptors (Lipinski definition) is 4. The molecule has 0 saturated carbocycles. The maximum absolute atomic E-state index is 13.3. The molecular weight excluding hydrogens is 400 g/mol. The summed E-state index contributed by atoms with van der Waals surface area (Å²) in [6.45, 7) is 2.84. The summed E-state index contributed by atoms with van der Waals surface area (Å²) in [5.41, 5.74) is 5.73. The number of benzene rings is 3. The van der Waals surface area contributed by atoms with Crippen LogP contribution in [-0.4, -0.2) is 52.7 Å². The van der Waals surface area contributed by atoms with E-state index in [0.717, 1.165) is 41.1 Å². The van der Waals surface area contributed by atoms with Crippen LogP contribution in [0.4, 0.5) is 5.95 Å². The summed E-state index contributed by atoms with van der Waals surface area (Å²) in [5, 5.41) is 0. The number of fused-ring (bicyclic) bond motifs is 4. The van der Waals surface area contributed by atoms with Gasteiger partial charge in [-0.3, -0.25) is 9.59 Å². The lowest BCUT2D eigenvalue weighted by atomic mass is 10.0. The lowest BCUT2D eigenvalue weighted by molar-refractivity contribution is 0.0767. The fourth-order valence-electron chi connectivity index (χ4n) is 4.77. The second kappa shape index (κ2) is 7.34. The number of nitrogens with one attached hydrogen (secondary N) is 1. The predicted molar refractivity (Wildman–Crippen MR) is 124 cm³/mol. The zero-order chi connectivity index (χ0) is 21.7. The summed E-state index contributed by atoms with van der Waals surface area (Å²) in [5.74, 6) is 0.821. The Balaban J connectivity index is 1.21. The van der Waals surface area contributed by atoms with Crippen molar-refractivity contribution in [2.45, 2.75) is 6.42 Å². The van der Waals surface area contributed by atoms with Gasteiger partial charge < -0.3 is 14.8 Å². The van der Waals surface area contributed by atoms with Crippen molar-refractivity contribution in [3.8, 4) is 11.1 Å². The highest BCUT2D eigenvalue weighted by Gasteiger charge is 2.28. The van der Waals surface area contributed by atoms with Gasteiger partial charge in [-0.2, -0.15) is 0 Å². The third kappa shape index (κ3) is 2.99. The maximum atomic E-state index is 13.3. The maximum Gasteiger partial charge on any atom is 0.253 e. The number of carbonyl (C=O) groups excluding carboxylic acids is 2. The molecule has 0 spiro atoms. The number of aromatic amines is 1. The second-order valence-electron chi connectivity index (χ2n) is 8.35. The smallest absolute Gasteiger partial charge is 0.253 e. The fraction of sp³-hybridized carbons (Fsp3) is 0.192. The molecule has 0 radical (unpaired) electrons. The van der Waals surface area contributed by atoms with E-state index >= 15 is 0 Å². The van der Waals surface area contributed by atoms with Crippen LogP contribution in [0.2, 0.25) is 0 Å². The third-order valence-electron chi connectivity index (χ3n) is 6.43. The van der Waals surface area contributed by atoms with E-state index < -0.39 is 0 Å². The largest absolute Gasteiger partial charge is 0.341 e. The first kappa shape index (κ1) is 18.8. The van der Waals surface area contributed by atoms with Crippen LogP contribution in [0.1, 0.15) is 32.7 Å². The van der Waals surface area contributed by atoms with Crippen molar-refractivity contribution in [2.24, 2.45) is 0 Å². The number of carbonyl (C=O) groups is 2. The molecule has 1 aliphatic heterocycles. The van der Waals surface area contributed by atoms with Crippen LogP contribution in [0.25, 0.3) is 22.2 Å². The van der Waals surface area contributed by atoms with Crippen molar-refractivity contribution in [1.82, 2.24) is 14.9 Å². The summed E-state index contributed by atoms with van der Waals surface area (Å²) in [7, 11) is 0. The van der Waals surface area contributed by atoms with Crippen LogP contribution in [0.5, 0.6) is 0 Å². The molecular formula is C26H22N4O2. The predicted octanol–water partition coefficient (Wildman–Crippen LogP) is 4.13. The van der Waals surface area contributed by atoms with Crippen LogP contribution >= 0.6 is 0 Å². The molecule has 1 saturated heterocycles. The van der Waals surface area contributed by atoms with Crippen LogP contribution in [0.3, 0.4) is 0 Å². The summed E-state index contributed by atoms with van der Waals surface area (Å²) >= 11 is 0. The molecule has 1 amide bonds. The summed E-state index contributed by atoms with van der Waals surface area (Å²) < 4.78 is 0. The molecule has 2 heterocycles. The molecule has 2 aliphatic rings. The molecule has 158 valence electrons. The van der Waals surface area contributed by atoms with Gasteiger partial charge in [0.1, 0.15) is 0 Å². The molecule has 1 fully saturated rings. The van der Waals surface area contributed by atoms with E-state index in [1.54, 1.807) is 6.07 Å². The van der Waals surface area contributed by atoms with Gasteiger partial charge in [0.15, 0.2) is 5.78 Å². The standard InChI is InChI=1S/C26H22N4O2/c31-24-20-7-2-1-6-18(20)19-11-10-17(16-21(19)24)25(32)29-12-5-13-30(15-14-29)26-27-22-8-3-4-9-23(22)28-26/h1-4,6-11,16H,5,12-15H2,(H,27,28). The minimum absolute atomic E-state index is 0.00261. The summed E-state index contributed by atoms with van der Waals surface area (Å²) in [6, 6.07) is 21.1. The second-order valence-corrected chi connectivity index (χ2v) is 8.35. The van der Waals surface area contributed by atoms with Gasteiger partial charge in [0.2, 0.25) is 5.95 Å². The molecule has 32 heavy (non-hydrogen) atoms. The number of aromatic nitrogens is 2. The fourth-order valence-corrected chi connectivity index (χ4v) is 4.77. The molecule has 4 aromatic rings. The zero-order valence-electron chi connectivity index (χ0n) is 17.5. The van der Waals surface area contributed by atoms with Crippen molar-refractivity contribution in [3.63, 3.8) is 0 Å². The lowest BCUT2D eigenvalue weighted by Crippen LogP contribution is -2.35. The van der Waals surface area contributed by atoms with Crippen LogP contribution in [-0.2, 0) is 0 Å². The topological polar surface area (TPSA) is 69.3 Å². The first-order chi connectivity index (χ1) is 15.7. The molecule has 6 nitrogen and oxygen atoms in total. The Kier molecular flexibility index (Phi) is 4.31. The van der Waals surface area contributed by atoms with E-state index in [1.807, 2.05) is 65.6 Å². The Morgan fingerprint density at radius 2 is 1.59 bits per heavy atom. The van der Waals surface area contributed by atoms with Gasteiger partial charge in [-0.25, -0.2) is 4.98 Å². The molecule has 1 N–H and O–H groups in total. The number of anilines is 1. The summed E-state index contributed by atoms with van der Waals surface area (Å²) in [4.78, 5) is 38.3. The lowest BCUT2D eigenvalue weighted by Gasteiger charge is -2.22. The van der Waals surface area contributed by atoms with E-state index in [0.29, 0.717) is 36.3 Å². The van der Waals surface area contributed by atoms with Crippen molar-refractivity contribution in [2.75, 3.05) is 31.1 Å². The van der Waals surface area contributed by atoms with Crippen molar-refractivity contribution < 1.29 is 9.59 Å². The number of rotatable bonds is 2. The van der Waals surface area contributed by atoms with E-state index in [4.69, 9.17) is 4.98 Å². The Morgan fingerprint density at radius 3 is 2.47 bits per heavy atom. The van der Waals surface area contributed by atoms with Gasteiger partial charge in [-0.1, -0.05) is 42.5 Å². The number of H-pyrrole nitrogens is 1. The molecule has 0 bridgehead atoms. The first-order valence-electron chi connectivity index (χ1n) is 11.0. The average molecular weight is 422 g/mol. The van der Waals surface area contributed by atoms with Crippen LogP contribution in [0, 0.1) is 0 Å². The Labute approximate surface area is 185 Å². The number of nitrogens with zero attached hydrogens (tertiary/aromatic N) is 3. The minimum atomic E-state index is -0.0250. The first-order valence-corrected chi connectivity index (χ1v) is 11.0. The molecule has 3 aromatic carbocycles. The third-order valence-corrected chi connectivity index (χ3v) is 6.43. The van der Waals surface area contributed by atoms with E-state index in [1.165, 1.54) is 0 Å². The van der Waals surface area contributed by atoms with Gasteiger partial charge in [0.25, 0.3) is 5.91 Å². The Morgan fingerprint density at radius 1 is 0.812 bits per heavy atom. The summed E-state index contributed by atoms with van der Waals surface area (Å²) in [6.07, 6.45) is 0.859. The molecule has 1 aliphatic carbocycles. The molecule has 6 rings (SSSR count). The van der Waals surface area contributed by atoms with Gasteiger partial charge in [0, 0.05) is 42.9 Å².